The van der Waals surface area contributed by atoms with Crippen LogP contribution in [0.15, 0.2) is 30.3 Å². The fourth-order valence-corrected chi connectivity index (χ4v) is 1.63. The number of hydrogen-bond acceptors (Lipinski definition) is 3. The molecular formula is C12H11F2N3. The van der Waals surface area contributed by atoms with Crippen molar-refractivity contribution in [3.63, 3.8) is 0 Å². The van der Waals surface area contributed by atoms with Crippen molar-refractivity contribution in [3.05, 3.63) is 42.0 Å². The normalized spacial score (nSPS) is 10.5. The highest BCUT2D eigenvalue weighted by atomic mass is 19.2. The molecule has 88 valence electrons. The summed E-state index contributed by atoms with van der Waals surface area (Å²) in [5.74, 6) is -2.25. The molecule has 0 aromatic heterocycles. The van der Waals surface area contributed by atoms with Gasteiger partial charge < -0.3 is 17.2 Å². The Labute approximate surface area is 96.8 Å². The summed E-state index contributed by atoms with van der Waals surface area (Å²) >= 11 is 0. The number of nitrogen functional groups attached to an aromatic ring is 3. The van der Waals surface area contributed by atoms with Gasteiger partial charge >= 0.3 is 0 Å². The van der Waals surface area contributed by atoms with Gasteiger partial charge in [0.15, 0.2) is 11.6 Å². The molecule has 3 nitrogen and oxygen atoms in total. The molecule has 0 aliphatic heterocycles. The van der Waals surface area contributed by atoms with Gasteiger partial charge in [0.05, 0.1) is 17.1 Å². The maximum absolute atomic E-state index is 13.8. The first kappa shape index (κ1) is 11.2. The van der Waals surface area contributed by atoms with E-state index in [2.05, 4.69) is 0 Å². The van der Waals surface area contributed by atoms with Crippen LogP contribution in [0.5, 0.6) is 0 Å². The minimum Gasteiger partial charge on any atom is -0.396 e. The predicted octanol–water partition coefficient (Wildman–Crippen LogP) is 2.38. The van der Waals surface area contributed by atoms with E-state index in [9.17, 15) is 8.78 Å². The van der Waals surface area contributed by atoms with Gasteiger partial charge in [-0.15, -0.1) is 0 Å². The van der Waals surface area contributed by atoms with Crippen LogP contribution in [-0.4, -0.2) is 0 Å². The molecule has 0 amide bonds. The van der Waals surface area contributed by atoms with Crippen molar-refractivity contribution in [2.24, 2.45) is 0 Å². The maximum Gasteiger partial charge on any atom is 0.184 e. The second-order valence-corrected chi connectivity index (χ2v) is 3.61. The zero-order valence-corrected chi connectivity index (χ0v) is 8.87. The van der Waals surface area contributed by atoms with Gasteiger partial charge in [0.2, 0.25) is 0 Å². The lowest BCUT2D eigenvalue weighted by atomic mass is 10.0. The van der Waals surface area contributed by atoms with E-state index in [1.54, 1.807) is 30.3 Å². The molecule has 6 N–H and O–H groups in total. The van der Waals surface area contributed by atoms with Gasteiger partial charge in [0.1, 0.15) is 0 Å². The first-order valence-corrected chi connectivity index (χ1v) is 4.90. The summed E-state index contributed by atoms with van der Waals surface area (Å²) in [7, 11) is 0. The zero-order chi connectivity index (χ0) is 12.6. The molecule has 5 heteroatoms. The second kappa shape index (κ2) is 3.93. The third kappa shape index (κ3) is 1.65. The molecule has 0 heterocycles. The molecule has 2 rings (SSSR count). The molecule has 0 spiro atoms. The van der Waals surface area contributed by atoms with Crippen LogP contribution >= 0.6 is 0 Å². The second-order valence-electron chi connectivity index (χ2n) is 3.61. The van der Waals surface area contributed by atoms with Gasteiger partial charge in [0, 0.05) is 5.56 Å². The number of benzene rings is 2. The lowest BCUT2D eigenvalue weighted by molar-refractivity contribution is 0.515. The minimum atomic E-state index is -1.17. The number of rotatable bonds is 1. The van der Waals surface area contributed by atoms with E-state index >= 15 is 0 Å². The molecule has 0 saturated carbocycles. The number of halogens is 2. The third-order valence-electron chi connectivity index (χ3n) is 2.56. The summed E-state index contributed by atoms with van der Waals surface area (Å²) < 4.78 is 27.3. The Morgan fingerprint density at radius 1 is 0.706 bits per heavy atom. The molecule has 0 bridgehead atoms. The summed E-state index contributed by atoms with van der Waals surface area (Å²) in [4.78, 5) is 0. The number of nitrogens with two attached hydrogens (primary N) is 3. The largest absolute Gasteiger partial charge is 0.396 e. The highest BCUT2D eigenvalue weighted by molar-refractivity contribution is 5.91. The van der Waals surface area contributed by atoms with Gasteiger partial charge in [-0.3, -0.25) is 0 Å². The lowest BCUT2D eigenvalue weighted by Crippen LogP contribution is -2.07. The number of hydrogen-bond donors (Lipinski definition) is 3. The van der Waals surface area contributed by atoms with Crippen LogP contribution in [-0.2, 0) is 0 Å². The highest BCUT2D eigenvalue weighted by Crippen LogP contribution is 2.38. The Hall–Kier alpha value is -2.30. The first-order valence-electron chi connectivity index (χ1n) is 4.90. The summed E-state index contributed by atoms with van der Waals surface area (Å²) in [5, 5.41) is 0. The van der Waals surface area contributed by atoms with Crippen molar-refractivity contribution < 1.29 is 8.78 Å². The standard InChI is InChI=1S/C12H11F2N3/c13-8-7(6-4-2-1-3-5-6)10(15)12(17)11(16)9(8)14/h1-5H,15-17H2. The van der Waals surface area contributed by atoms with E-state index in [1.165, 1.54) is 0 Å². The van der Waals surface area contributed by atoms with Crippen LogP contribution in [0.1, 0.15) is 0 Å². The van der Waals surface area contributed by atoms with Crippen LogP contribution in [0.4, 0.5) is 25.8 Å². The monoisotopic (exact) mass is 235 g/mol. The van der Waals surface area contributed by atoms with Crippen molar-refractivity contribution in [1.82, 2.24) is 0 Å². The van der Waals surface area contributed by atoms with Crippen molar-refractivity contribution >= 4 is 17.1 Å². The van der Waals surface area contributed by atoms with Crippen LogP contribution in [0.2, 0.25) is 0 Å². The van der Waals surface area contributed by atoms with E-state index in [0.717, 1.165) is 0 Å². The molecule has 0 unspecified atom stereocenters. The molecular weight excluding hydrogens is 224 g/mol. The Morgan fingerprint density at radius 3 is 1.88 bits per heavy atom. The van der Waals surface area contributed by atoms with Crippen LogP contribution in [0.3, 0.4) is 0 Å². The Morgan fingerprint density at radius 2 is 1.29 bits per heavy atom. The molecule has 2 aromatic rings. The van der Waals surface area contributed by atoms with Crippen molar-refractivity contribution in [3.8, 4) is 11.1 Å². The van der Waals surface area contributed by atoms with Gasteiger partial charge in [0.25, 0.3) is 0 Å². The molecule has 0 saturated heterocycles. The van der Waals surface area contributed by atoms with Gasteiger partial charge in [-0.1, -0.05) is 30.3 Å². The first-order chi connectivity index (χ1) is 8.04. The molecule has 2 aromatic carbocycles. The SMILES string of the molecule is Nc1c(N)c(F)c(F)c(-c2ccccc2)c1N. The fraction of sp³-hybridized carbons (Fsp3) is 0. The predicted molar refractivity (Wildman–Crippen MR) is 65.0 cm³/mol. The average Bonchev–Trinajstić information content (AvgIpc) is 2.36. The van der Waals surface area contributed by atoms with Gasteiger partial charge in [-0.2, -0.15) is 0 Å². The number of anilines is 3. The summed E-state index contributed by atoms with van der Waals surface area (Å²) in [5.41, 5.74) is 16.3. The fourth-order valence-electron chi connectivity index (χ4n) is 1.63. The summed E-state index contributed by atoms with van der Waals surface area (Å²) in [6, 6.07) is 8.37. The van der Waals surface area contributed by atoms with E-state index in [-0.39, 0.29) is 16.9 Å². The van der Waals surface area contributed by atoms with Crippen LogP contribution in [0, 0.1) is 11.6 Å². The quantitative estimate of drug-likeness (QED) is 0.664. The van der Waals surface area contributed by atoms with E-state index in [4.69, 9.17) is 17.2 Å². The van der Waals surface area contributed by atoms with E-state index in [0.29, 0.717) is 5.56 Å². The van der Waals surface area contributed by atoms with Gasteiger partial charge in [-0.25, -0.2) is 8.78 Å². The molecule has 0 fully saturated rings. The van der Waals surface area contributed by atoms with Gasteiger partial charge in [-0.05, 0) is 5.56 Å². The highest BCUT2D eigenvalue weighted by Gasteiger charge is 2.20. The third-order valence-corrected chi connectivity index (χ3v) is 2.56. The Balaban J connectivity index is 2.80. The van der Waals surface area contributed by atoms with Crippen molar-refractivity contribution in [2.45, 2.75) is 0 Å². The van der Waals surface area contributed by atoms with Crippen molar-refractivity contribution in [1.29, 1.82) is 0 Å². The van der Waals surface area contributed by atoms with E-state index < -0.39 is 17.3 Å². The summed E-state index contributed by atoms with van der Waals surface area (Å²) in [6.07, 6.45) is 0. The van der Waals surface area contributed by atoms with Crippen LogP contribution < -0.4 is 17.2 Å². The zero-order valence-electron chi connectivity index (χ0n) is 8.87. The molecule has 0 radical (unpaired) electrons. The summed E-state index contributed by atoms with van der Waals surface area (Å²) in [6.45, 7) is 0. The Kier molecular flexibility index (Phi) is 2.59. The average molecular weight is 235 g/mol. The molecule has 0 aliphatic rings. The molecule has 17 heavy (non-hydrogen) atoms. The van der Waals surface area contributed by atoms with E-state index in [1.807, 2.05) is 0 Å². The molecule has 0 atom stereocenters. The van der Waals surface area contributed by atoms with Crippen molar-refractivity contribution in [2.75, 3.05) is 17.2 Å². The lowest BCUT2D eigenvalue weighted by Gasteiger charge is -2.13. The maximum atomic E-state index is 13.8. The minimum absolute atomic E-state index is 0.0485. The smallest absolute Gasteiger partial charge is 0.184 e. The van der Waals surface area contributed by atoms with Crippen LogP contribution in [0.25, 0.3) is 11.1 Å². The Bertz CT molecular complexity index is 539. The topological polar surface area (TPSA) is 78.1 Å². The molecule has 0 aliphatic carbocycles.